The summed E-state index contributed by atoms with van der Waals surface area (Å²) in [5, 5.41) is 2.50. The lowest BCUT2D eigenvalue weighted by molar-refractivity contribution is 0.381. The topological polar surface area (TPSA) is 55.0 Å². The van der Waals surface area contributed by atoms with Crippen molar-refractivity contribution >= 4 is 16.7 Å². The first kappa shape index (κ1) is 14.8. The maximum absolute atomic E-state index is 5.90. The molecule has 1 saturated carbocycles. The lowest BCUT2D eigenvalue weighted by Gasteiger charge is -2.31. The Labute approximate surface area is 147 Å². The van der Waals surface area contributed by atoms with Gasteiger partial charge in [-0.15, -0.1) is 0 Å². The van der Waals surface area contributed by atoms with Gasteiger partial charge in [0.05, 0.1) is 5.69 Å². The quantitative estimate of drug-likeness (QED) is 0.799. The van der Waals surface area contributed by atoms with Crippen molar-refractivity contribution < 1.29 is 0 Å². The molecule has 0 spiro atoms. The molecule has 1 saturated heterocycles. The van der Waals surface area contributed by atoms with Gasteiger partial charge in [-0.3, -0.25) is 0 Å². The fourth-order valence-corrected chi connectivity index (χ4v) is 4.59. The van der Waals surface area contributed by atoms with Gasteiger partial charge in [-0.2, -0.15) is 0 Å². The van der Waals surface area contributed by atoms with Crippen LogP contribution in [-0.4, -0.2) is 29.1 Å². The minimum atomic E-state index is 0.561. The highest BCUT2D eigenvalue weighted by Gasteiger charge is 2.44. The zero-order valence-electron chi connectivity index (χ0n) is 14.2. The van der Waals surface area contributed by atoms with Crippen LogP contribution in [0.5, 0.6) is 0 Å². The van der Waals surface area contributed by atoms with E-state index in [4.69, 9.17) is 10.7 Å². The minimum Gasteiger partial charge on any atom is -0.338 e. The summed E-state index contributed by atoms with van der Waals surface area (Å²) in [6.45, 7) is 1.86. The van der Waals surface area contributed by atoms with Gasteiger partial charge < -0.3 is 10.6 Å². The van der Waals surface area contributed by atoms with Crippen LogP contribution in [-0.2, 0) is 0 Å². The van der Waals surface area contributed by atoms with Gasteiger partial charge in [0, 0.05) is 24.3 Å². The van der Waals surface area contributed by atoms with Crippen molar-refractivity contribution in [3.8, 4) is 11.3 Å². The average Bonchev–Trinajstić information content (AvgIpc) is 3.28. The molecule has 0 amide bonds. The molecule has 2 heterocycles. The van der Waals surface area contributed by atoms with Crippen molar-refractivity contribution in [3.63, 3.8) is 0 Å². The van der Waals surface area contributed by atoms with E-state index >= 15 is 0 Å². The van der Waals surface area contributed by atoms with Crippen LogP contribution in [0.3, 0.4) is 0 Å². The third-order valence-corrected chi connectivity index (χ3v) is 5.94. The molecule has 1 aliphatic carbocycles. The standard InChI is InChI=1S/C21H22N4/c22-12-17-10-19-11-18(17)13-25(19)21-23-8-7-20(24-21)16-6-5-14-3-1-2-4-15(14)9-16/h1-9,17-19H,10-13,22H2/t17-,18+,19-/m1/s1. The van der Waals surface area contributed by atoms with Crippen molar-refractivity contribution in [2.75, 3.05) is 18.0 Å². The summed E-state index contributed by atoms with van der Waals surface area (Å²) in [4.78, 5) is 11.8. The van der Waals surface area contributed by atoms with Gasteiger partial charge in [0.15, 0.2) is 0 Å². The van der Waals surface area contributed by atoms with Crippen molar-refractivity contribution in [1.29, 1.82) is 0 Å². The predicted octanol–water partition coefficient (Wildman–Crippen LogP) is 3.47. The highest BCUT2D eigenvalue weighted by atomic mass is 15.3. The largest absolute Gasteiger partial charge is 0.338 e. The zero-order chi connectivity index (χ0) is 16.8. The molecule has 4 nitrogen and oxygen atoms in total. The van der Waals surface area contributed by atoms with E-state index in [0.29, 0.717) is 17.9 Å². The van der Waals surface area contributed by atoms with Gasteiger partial charge in [-0.25, -0.2) is 9.97 Å². The average molecular weight is 330 g/mol. The summed E-state index contributed by atoms with van der Waals surface area (Å²) in [6, 6.07) is 17.5. The molecular weight excluding hydrogens is 308 g/mol. The first-order valence-electron chi connectivity index (χ1n) is 9.11. The molecule has 5 rings (SSSR count). The van der Waals surface area contributed by atoms with E-state index < -0.39 is 0 Å². The molecule has 2 N–H and O–H groups in total. The third-order valence-electron chi connectivity index (χ3n) is 5.94. The Bertz CT molecular complexity index is 922. The van der Waals surface area contributed by atoms with Crippen molar-refractivity contribution in [2.45, 2.75) is 18.9 Å². The van der Waals surface area contributed by atoms with Crippen LogP contribution < -0.4 is 10.6 Å². The molecule has 2 bridgehead atoms. The van der Waals surface area contributed by atoms with Crippen LogP contribution in [0.1, 0.15) is 12.8 Å². The van der Waals surface area contributed by atoms with E-state index in [9.17, 15) is 0 Å². The monoisotopic (exact) mass is 330 g/mol. The second-order valence-corrected chi connectivity index (χ2v) is 7.34. The third kappa shape index (κ3) is 2.48. The summed E-state index contributed by atoms with van der Waals surface area (Å²) in [6.07, 6.45) is 4.31. The van der Waals surface area contributed by atoms with E-state index in [1.54, 1.807) is 0 Å². The molecule has 4 heteroatoms. The first-order valence-corrected chi connectivity index (χ1v) is 9.11. The second-order valence-electron chi connectivity index (χ2n) is 7.34. The Morgan fingerprint density at radius 2 is 1.92 bits per heavy atom. The van der Waals surface area contributed by atoms with Gasteiger partial charge in [-0.1, -0.05) is 36.4 Å². The van der Waals surface area contributed by atoms with E-state index in [0.717, 1.165) is 30.3 Å². The minimum absolute atomic E-state index is 0.561. The summed E-state index contributed by atoms with van der Waals surface area (Å²) in [5.41, 5.74) is 8.04. The molecule has 0 unspecified atom stereocenters. The molecule has 126 valence electrons. The number of rotatable bonds is 3. The number of fused-ring (bicyclic) bond motifs is 3. The highest BCUT2D eigenvalue weighted by Crippen LogP contribution is 2.42. The fraction of sp³-hybridized carbons (Fsp3) is 0.333. The van der Waals surface area contributed by atoms with Gasteiger partial charge in [0.2, 0.25) is 5.95 Å². The summed E-state index contributed by atoms with van der Waals surface area (Å²) in [7, 11) is 0. The number of anilines is 1. The number of nitrogens with zero attached hydrogens (tertiary/aromatic N) is 3. The van der Waals surface area contributed by atoms with E-state index in [2.05, 4.69) is 52.3 Å². The lowest BCUT2D eigenvalue weighted by atomic mass is 9.95. The van der Waals surface area contributed by atoms with Gasteiger partial charge >= 0.3 is 0 Å². The Morgan fingerprint density at radius 1 is 1.04 bits per heavy atom. The number of piperidine rings is 1. The molecule has 1 aliphatic heterocycles. The molecule has 25 heavy (non-hydrogen) atoms. The van der Waals surface area contributed by atoms with Gasteiger partial charge in [0.1, 0.15) is 0 Å². The van der Waals surface area contributed by atoms with Crippen molar-refractivity contribution in [2.24, 2.45) is 17.6 Å². The molecule has 2 aliphatic rings. The number of aromatic nitrogens is 2. The van der Waals surface area contributed by atoms with E-state index in [-0.39, 0.29) is 0 Å². The Hall–Kier alpha value is -2.46. The smallest absolute Gasteiger partial charge is 0.226 e. The van der Waals surface area contributed by atoms with Crippen LogP contribution >= 0.6 is 0 Å². The van der Waals surface area contributed by atoms with Gasteiger partial charge in [-0.05, 0) is 54.1 Å². The highest BCUT2D eigenvalue weighted by molar-refractivity contribution is 5.86. The normalized spacial score (nSPS) is 25.0. The molecule has 2 fully saturated rings. The van der Waals surface area contributed by atoms with Gasteiger partial charge in [0.25, 0.3) is 0 Å². The van der Waals surface area contributed by atoms with E-state index in [1.165, 1.54) is 23.6 Å². The van der Waals surface area contributed by atoms with Crippen LogP contribution in [0.25, 0.3) is 22.0 Å². The van der Waals surface area contributed by atoms with Crippen LogP contribution in [0.15, 0.2) is 54.7 Å². The molecule has 0 radical (unpaired) electrons. The molecule has 3 atom stereocenters. The molecular formula is C21H22N4. The Kier molecular flexibility index (Phi) is 3.45. The lowest BCUT2D eigenvalue weighted by Crippen LogP contribution is -2.38. The molecule has 3 aromatic rings. The maximum atomic E-state index is 5.90. The van der Waals surface area contributed by atoms with Crippen LogP contribution in [0.4, 0.5) is 5.95 Å². The Morgan fingerprint density at radius 3 is 2.72 bits per heavy atom. The number of nitrogens with two attached hydrogens (primary N) is 1. The SMILES string of the molecule is NC[C@H]1C[C@@H]2C[C@H]1CN2c1nccc(-c2ccc3ccccc3c2)n1. The molecule has 2 aromatic carbocycles. The zero-order valence-corrected chi connectivity index (χ0v) is 14.2. The fourth-order valence-electron chi connectivity index (χ4n) is 4.59. The second kappa shape index (κ2) is 5.81. The van der Waals surface area contributed by atoms with E-state index in [1.807, 2.05) is 12.3 Å². The molecule has 1 aromatic heterocycles. The summed E-state index contributed by atoms with van der Waals surface area (Å²) in [5.74, 6) is 2.27. The van der Waals surface area contributed by atoms with Crippen LogP contribution in [0, 0.1) is 11.8 Å². The first-order chi connectivity index (χ1) is 12.3. The van der Waals surface area contributed by atoms with Crippen LogP contribution in [0.2, 0.25) is 0 Å². The number of hydrogen-bond donors (Lipinski definition) is 1. The van der Waals surface area contributed by atoms with Crippen molar-refractivity contribution in [3.05, 3.63) is 54.7 Å². The maximum Gasteiger partial charge on any atom is 0.226 e. The van der Waals surface area contributed by atoms with Crippen molar-refractivity contribution in [1.82, 2.24) is 9.97 Å². The summed E-state index contributed by atoms with van der Waals surface area (Å²) < 4.78 is 0. The summed E-state index contributed by atoms with van der Waals surface area (Å²) >= 11 is 0. The number of hydrogen-bond acceptors (Lipinski definition) is 4. The number of benzene rings is 2. The Balaban J connectivity index is 1.47. The predicted molar refractivity (Wildman–Crippen MR) is 101 cm³/mol.